The molecular weight excluding hydrogens is 404 g/mol. The van der Waals surface area contributed by atoms with Crippen molar-refractivity contribution in [3.63, 3.8) is 0 Å². The van der Waals surface area contributed by atoms with Crippen LogP contribution in [0.3, 0.4) is 0 Å². The Hall–Kier alpha value is -2.48. The van der Waals surface area contributed by atoms with Crippen molar-refractivity contribution in [2.45, 2.75) is 70.8 Å². The Morgan fingerprint density at radius 2 is 1.94 bits per heavy atom. The molecule has 0 aromatic carbocycles. The van der Waals surface area contributed by atoms with Gasteiger partial charge in [-0.25, -0.2) is 15.0 Å². The Morgan fingerprint density at radius 1 is 1.19 bits per heavy atom. The first kappa shape index (κ1) is 22.7. The fourth-order valence-corrected chi connectivity index (χ4v) is 4.09. The number of hydrogen-bond acceptors (Lipinski definition) is 7. The van der Waals surface area contributed by atoms with E-state index >= 15 is 0 Å². The predicted molar refractivity (Wildman–Crippen MR) is 126 cm³/mol. The zero-order chi connectivity index (χ0) is 22.7. The summed E-state index contributed by atoms with van der Waals surface area (Å²) in [4.78, 5) is 32.8. The topological polar surface area (TPSA) is 87.2 Å². The van der Waals surface area contributed by atoms with Crippen LogP contribution in [0.2, 0.25) is 0 Å². The Morgan fingerprint density at radius 3 is 2.56 bits per heavy atom. The molecule has 3 heterocycles. The average Bonchev–Trinajstić information content (AvgIpc) is 2.70. The monoisotopic (exact) mass is 440 g/mol. The summed E-state index contributed by atoms with van der Waals surface area (Å²) in [5, 5.41) is 0. The molecule has 1 unspecified atom stereocenters. The molecule has 4 rings (SSSR count). The van der Waals surface area contributed by atoms with Crippen molar-refractivity contribution in [3.05, 3.63) is 40.2 Å². The first-order chi connectivity index (χ1) is 15.3. The lowest BCUT2D eigenvalue weighted by Gasteiger charge is -2.37. The van der Waals surface area contributed by atoms with Crippen LogP contribution in [0.1, 0.15) is 70.8 Å². The van der Waals surface area contributed by atoms with Gasteiger partial charge in [-0.05, 0) is 26.2 Å². The van der Waals surface area contributed by atoms with Gasteiger partial charge in [-0.1, -0.05) is 27.2 Å². The van der Waals surface area contributed by atoms with Crippen LogP contribution in [-0.2, 0) is 5.41 Å². The summed E-state index contributed by atoms with van der Waals surface area (Å²) < 4.78 is 5.75. The Labute approximate surface area is 190 Å². The SMILES string of the molecule is CC(CCN1CCN(c2cc(C3CCC3)nc(C(C)(C)C)n2)CC1)Oc1nccc(=O)[nH]1. The molecule has 1 saturated heterocycles. The lowest BCUT2D eigenvalue weighted by atomic mass is 9.82. The molecule has 0 radical (unpaired) electrons. The highest BCUT2D eigenvalue weighted by molar-refractivity contribution is 5.42. The zero-order valence-electron chi connectivity index (χ0n) is 19.8. The third-order valence-corrected chi connectivity index (χ3v) is 6.44. The summed E-state index contributed by atoms with van der Waals surface area (Å²) in [7, 11) is 0. The molecule has 2 fully saturated rings. The largest absolute Gasteiger partial charge is 0.462 e. The van der Waals surface area contributed by atoms with Gasteiger partial charge in [0.25, 0.3) is 11.6 Å². The van der Waals surface area contributed by atoms with Gasteiger partial charge in [0.1, 0.15) is 17.7 Å². The molecule has 1 aliphatic heterocycles. The third-order valence-electron chi connectivity index (χ3n) is 6.44. The van der Waals surface area contributed by atoms with Crippen molar-refractivity contribution < 1.29 is 4.74 Å². The number of rotatable bonds is 7. The highest BCUT2D eigenvalue weighted by Crippen LogP contribution is 2.37. The number of piperazine rings is 1. The van der Waals surface area contributed by atoms with Crippen LogP contribution >= 0.6 is 0 Å². The van der Waals surface area contributed by atoms with Crippen molar-refractivity contribution in [2.75, 3.05) is 37.6 Å². The van der Waals surface area contributed by atoms with Gasteiger partial charge in [0.05, 0.1) is 0 Å². The molecule has 2 aromatic rings. The standard InChI is InChI=1S/C24H36N6O2/c1-17(32-23-25-10-8-21(31)28-23)9-11-29-12-14-30(15-13-29)20-16-19(18-6-5-7-18)26-22(27-20)24(2,3)4/h8,10,16-18H,5-7,9,11-15H2,1-4H3,(H,25,28,31). The summed E-state index contributed by atoms with van der Waals surface area (Å²) in [5.41, 5.74) is 0.981. The maximum atomic E-state index is 11.4. The third kappa shape index (κ3) is 5.65. The van der Waals surface area contributed by atoms with Crippen molar-refractivity contribution >= 4 is 5.82 Å². The van der Waals surface area contributed by atoms with E-state index in [1.54, 1.807) is 0 Å². The van der Waals surface area contributed by atoms with Crippen molar-refractivity contribution in [3.8, 4) is 6.01 Å². The van der Waals surface area contributed by atoms with Gasteiger partial charge in [0.15, 0.2) is 0 Å². The summed E-state index contributed by atoms with van der Waals surface area (Å²) in [5.74, 6) is 2.65. The summed E-state index contributed by atoms with van der Waals surface area (Å²) in [6.45, 7) is 13.5. The molecule has 1 atom stereocenters. The van der Waals surface area contributed by atoms with Crippen LogP contribution in [0.4, 0.5) is 5.82 Å². The van der Waals surface area contributed by atoms with Gasteiger partial charge in [0, 0.05) is 68.1 Å². The smallest absolute Gasteiger partial charge is 0.296 e. The fraction of sp³-hybridized carbons (Fsp3) is 0.667. The minimum absolute atomic E-state index is 0.0141. The number of aromatic amines is 1. The molecule has 1 N–H and O–H groups in total. The minimum Gasteiger partial charge on any atom is -0.462 e. The van der Waals surface area contributed by atoms with E-state index in [1.807, 2.05) is 6.92 Å². The normalized spacial score (nSPS) is 18.9. The Balaban J connectivity index is 1.32. The van der Waals surface area contributed by atoms with E-state index in [1.165, 1.54) is 37.2 Å². The van der Waals surface area contributed by atoms with Crippen LogP contribution in [0, 0.1) is 0 Å². The minimum atomic E-state index is -0.196. The number of nitrogens with zero attached hydrogens (tertiary/aromatic N) is 5. The van der Waals surface area contributed by atoms with Crippen LogP contribution < -0.4 is 15.2 Å². The lowest BCUT2D eigenvalue weighted by Crippen LogP contribution is -2.47. The van der Waals surface area contributed by atoms with E-state index in [4.69, 9.17) is 14.7 Å². The van der Waals surface area contributed by atoms with E-state index in [-0.39, 0.29) is 23.1 Å². The molecule has 174 valence electrons. The van der Waals surface area contributed by atoms with Gasteiger partial charge in [-0.3, -0.25) is 14.7 Å². The quantitative estimate of drug-likeness (QED) is 0.708. The maximum absolute atomic E-state index is 11.4. The molecule has 2 aliphatic rings. The lowest BCUT2D eigenvalue weighted by molar-refractivity contribution is 0.161. The molecule has 0 spiro atoms. The van der Waals surface area contributed by atoms with Gasteiger partial charge < -0.3 is 9.64 Å². The molecule has 1 saturated carbocycles. The van der Waals surface area contributed by atoms with E-state index in [0.29, 0.717) is 5.92 Å². The van der Waals surface area contributed by atoms with E-state index in [9.17, 15) is 4.79 Å². The van der Waals surface area contributed by atoms with Crippen molar-refractivity contribution in [1.29, 1.82) is 0 Å². The summed E-state index contributed by atoms with van der Waals surface area (Å²) >= 11 is 0. The van der Waals surface area contributed by atoms with Crippen LogP contribution in [0.25, 0.3) is 0 Å². The van der Waals surface area contributed by atoms with Crippen LogP contribution in [-0.4, -0.2) is 63.7 Å². The van der Waals surface area contributed by atoms with Gasteiger partial charge in [-0.15, -0.1) is 0 Å². The molecule has 32 heavy (non-hydrogen) atoms. The predicted octanol–water partition coefficient (Wildman–Crippen LogP) is 3.10. The van der Waals surface area contributed by atoms with E-state index in [2.05, 4.69) is 46.6 Å². The highest BCUT2D eigenvalue weighted by Gasteiger charge is 2.27. The van der Waals surface area contributed by atoms with Gasteiger partial charge in [0.2, 0.25) is 0 Å². The molecule has 0 amide bonds. The number of H-pyrrole nitrogens is 1. The fourth-order valence-electron chi connectivity index (χ4n) is 4.09. The zero-order valence-corrected chi connectivity index (χ0v) is 19.8. The highest BCUT2D eigenvalue weighted by atomic mass is 16.5. The Bertz CT molecular complexity index is 957. The maximum Gasteiger partial charge on any atom is 0.296 e. The summed E-state index contributed by atoms with van der Waals surface area (Å²) in [6, 6.07) is 3.91. The van der Waals surface area contributed by atoms with E-state index < -0.39 is 0 Å². The second kappa shape index (κ2) is 9.57. The molecular formula is C24H36N6O2. The van der Waals surface area contributed by atoms with Crippen LogP contribution in [0.15, 0.2) is 23.1 Å². The number of hydrogen-bond donors (Lipinski definition) is 1. The first-order valence-electron chi connectivity index (χ1n) is 11.9. The molecule has 8 nitrogen and oxygen atoms in total. The van der Waals surface area contributed by atoms with E-state index in [0.717, 1.165) is 50.8 Å². The first-order valence-corrected chi connectivity index (χ1v) is 11.9. The van der Waals surface area contributed by atoms with Crippen molar-refractivity contribution in [2.24, 2.45) is 0 Å². The molecule has 0 bridgehead atoms. The van der Waals surface area contributed by atoms with Gasteiger partial charge >= 0.3 is 0 Å². The second-order valence-electron chi connectivity index (χ2n) is 10.1. The number of anilines is 1. The molecule has 8 heteroatoms. The molecule has 2 aromatic heterocycles. The molecule has 1 aliphatic carbocycles. The number of aromatic nitrogens is 4. The van der Waals surface area contributed by atoms with Crippen molar-refractivity contribution in [1.82, 2.24) is 24.8 Å². The number of nitrogens with one attached hydrogen (secondary N) is 1. The second-order valence-corrected chi connectivity index (χ2v) is 10.1. The number of ether oxygens (including phenoxy) is 1. The van der Waals surface area contributed by atoms with Crippen LogP contribution in [0.5, 0.6) is 6.01 Å². The summed E-state index contributed by atoms with van der Waals surface area (Å²) in [6.07, 6.45) is 6.15. The van der Waals surface area contributed by atoms with Gasteiger partial charge in [-0.2, -0.15) is 0 Å². The average molecular weight is 441 g/mol. The Kier molecular flexibility index (Phi) is 6.79.